The molecule has 0 radical (unpaired) electrons. The van der Waals surface area contributed by atoms with Crippen LogP contribution < -0.4 is 9.80 Å². The second kappa shape index (κ2) is 14.7. The molecule has 2 heteroatoms. The van der Waals surface area contributed by atoms with Gasteiger partial charge in [0, 0.05) is 34.1 Å². The summed E-state index contributed by atoms with van der Waals surface area (Å²) in [6.45, 7) is 4.44. The van der Waals surface area contributed by atoms with Crippen molar-refractivity contribution >= 4 is 34.1 Å². The zero-order chi connectivity index (χ0) is 35.3. The number of hydrogen-bond acceptors (Lipinski definition) is 2. The highest BCUT2D eigenvalue weighted by atomic mass is 15.1. The summed E-state index contributed by atoms with van der Waals surface area (Å²) in [6.07, 6.45) is 0. The Hall–Kier alpha value is -6.64. The van der Waals surface area contributed by atoms with Crippen molar-refractivity contribution in [1.82, 2.24) is 0 Å². The minimum Gasteiger partial charge on any atom is -0.310 e. The number of benzene rings is 8. The topological polar surface area (TPSA) is 6.48 Å². The van der Waals surface area contributed by atoms with Crippen LogP contribution in [0.25, 0.3) is 33.4 Å². The molecule has 0 unspecified atom stereocenters. The van der Waals surface area contributed by atoms with Crippen molar-refractivity contribution in [2.45, 2.75) is 13.8 Å². The summed E-state index contributed by atoms with van der Waals surface area (Å²) in [7, 11) is 0. The van der Waals surface area contributed by atoms with E-state index >= 15 is 0 Å². The molecule has 0 heterocycles. The van der Waals surface area contributed by atoms with Gasteiger partial charge in [0.05, 0.1) is 0 Å². The summed E-state index contributed by atoms with van der Waals surface area (Å²) in [6, 6.07) is 73.7. The van der Waals surface area contributed by atoms with Crippen molar-refractivity contribution in [3.63, 3.8) is 0 Å². The van der Waals surface area contributed by atoms with E-state index in [1.54, 1.807) is 0 Å². The van der Waals surface area contributed by atoms with Crippen molar-refractivity contribution in [3.8, 4) is 33.4 Å². The van der Waals surface area contributed by atoms with Crippen LogP contribution >= 0.6 is 0 Å². The number of rotatable bonds is 9. The van der Waals surface area contributed by atoms with E-state index in [1.807, 2.05) is 0 Å². The van der Waals surface area contributed by atoms with E-state index in [1.165, 1.54) is 44.5 Å². The molecule has 8 rings (SSSR count). The lowest BCUT2D eigenvalue weighted by Gasteiger charge is -2.27. The van der Waals surface area contributed by atoms with Gasteiger partial charge in [-0.25, -0.2) is 0 Å². The maximum absolute atomic E-state index is 2.36. The second-order valence-electron chi connectivity index (χ2n) is 13.2. The largest absolute Gasteiger partial charge is 0.310 e. The standard InChI is InChI=1S/C50H40N2/c1-37-35-47(51(43-19-11-5-12-20-43)44-21-13-6-14-22-44)31-33-49(37)50-34-32-48(36-38(50)2)52(45-27-23-41(24-28-45)39-15-7-3-8-16-39)46-29-25-42(26-30-46)40-17-9-4-10-18-40/h3-36H,1-2H3. The van der Waals surface area contributed by atoms with Gasteiger partial charge in [-0.1, -0.05) is 133 Å². The van der Waals surface area contributed by atoms with Gasteiger partial charge >= 0.3 is 0 Å². The zero-order valence-electron chi connectivity index (χ0n) is 29.5. The maximum Gasteiger partial charge on any atom is 0.0464 e. The van der Waals surface area contributed by atoms with E-state index in [9.17, 15) is 0 Å². The molecule has 8 aromatic carbocycles. The molecule has 52 heavy (non-hydrogen) atoms. The molecule has 0 saturated heterocycles. The fourth-order valence-corrected chi connectivity index (χ4v) is 7.09. The first-order chi connectivity index (χ1) is 25.6. The van der Waals surface area contributed by atoms with E-state index in [0.29, 0.717) is 0 Å². The molecule has 0 aromatic heterocycles. The Bertz CT molecular complexity index is 2260. The fourth-order valence-electron chi connectivity index (χ4n) is 7.09. The number of nitrogens with zero attached hydrogens (tertiary/aromatic N) is 2. The molecule has 0 aliphatic rings. The summed E-state index contributed by atoms with van der Waals surface area (Å²) >= 11 is 0. The van der Waals surface area contributed by atoms with E-state index in [-0.39, 0.29) is 0 Å². The van der Waals surface area contributed by atoms with Gasteiger partial charge in [0.2, 0.25) is 0 Å². The molecule has 0 aliphatic carbocycles. The van der Waals surface area contributed by atoms with Crippen LogP contribution in [0.4, 0.5) is 34.1 Å². The number of anilines is 6. The molecule has 0 bridgehead atoms. The molecule has 0 saturated carbocycles. The van der Waals surface area contributed by atoms with Crippen LogP contribution in [0.5, 0.6) is 0 Å². The van der Waals surface area contributed by atoms with Crippen molar-refractivity contribution in [1.29, 1.82) is 0 Å². The van der Waals surface area contributed by atoms with E-state index in [2.05, 4.69) is 230 Å². The van der Waals surface area contributed by atoms with Crippen LogP contribution in [0.15, 0.2) is 206 Å². The lowest BCUT2D eigenvalue weighted by molar-refractivity contribution is 1.26. The number of aryl methyl sites for hydroxylation is 2. The Morgan fingerprint density at radius 3 is 0.846 bits per heavy atom. The molecule has 0 fully saturated rings. The monoisotopic (exact) mass is 668 g/mol. The van der Waals surface area contributed by atoms with Gasteiger partial charge in [-0.05, 0) is 131 Å². The van der Waals surface area contributed by atoms with Gasteiger partial charge in [0.15, 0.2) is 0 Å². The smallest absolute Gasteiger partial charge is 0.0464 e. The highest BCUT2D eigenvalue weighted by Crippen LogP contribution is 2.41. The first-order valence-electron chi connectivity index (χ1n) is 17.9. The van der Waals surface area contributed by atoms with E-state index in [0.717, 1.165) is 34.1 Å². The molecular formula is C50H40N2. The summed E-state index contributed by atoms with van der Waals surface area (Å²) in [5, 5.41) is 0. The van der Waals surface area contributed by atoms with Gasteiger partial charge in [-0.2, -0.15) is 0 Å². The third-order valence-corrected chi connectivity index (χ3v) is 9.72. The average Bonchev–Trinajstić information content (AvgIpc) is 3.21. The molecular weight excluding hydrogens is 629 g/mol. The summed E-state index contributed by atoms with van der Waals surface area (Å²) in [5.74, 6) is 0. The lowest BCUT2D eigenvalue weighted by atomic mass is 9.95. The minimum absolute atomic E-state index is 1.11. The van der Waals surface area contributed by atoms with Gasteiger partial charge in [0.1, 0.15) is 0 Å². The van der Waals surface area contributed by atoms with Crippen LogP contribution in [0, 0.1) is 13.8 Å². The zero-order valence-corrected chi connectivity index (χ0v) is 29.5. The van der Waals surface area contributed by atoms with Crippen molar-refractivity contribution < 1.29 is 0 Å². The minimum atomic E-state index is 1.11. The quantitative estimate of drug-likeness (QED) is 0.151. The Labute approximate surface area is 307 Å². The lowest BCUT2D eigenvalue weighted by Crippen LogP contribution is -2.10. The molecule has 0 N–H and O–H groups in total. The molecule has 0 spiro atoms. The van der Waals surface area contributed by atoms with E-state index in [4.69, 9.17) is 0 Å². The third-order valence-electron chi connectivity index (χ3n) is 9.72. The Morgan fingerprint density at radius 1 is 0.250 bits per heavy atom. The van der Waals surface area contributed by atoms with Crippen LogP contribution in [0.1, 0.15) is 11.1 Å². The SMILES string of the molecule is Cc1cc(N(c2ccccc2)c2ccccc2)ccc1-c1ccc(N(c2ccc(-c3ccccc3)cc2)c2ccc(-c3ccccc3)cc2)cc1C. The molecule has 0 amide bonds. The Balaban J connectivity index is 1.16. The summed E-state index contributed by atoms with van der Waals surface area (Å²) < 4.78 is 0. The van der Waals surface area contributed by atoms with Gasteiger partial charge in [-0.15, -0.1) is 0 Å². The highest BCUT2D eigenvalue weighted by Gasteiger charge is 2.17. The Morgan fingerprint density at radius 2 is 0.519 bits per heavy atom. The first-order valence-corrected chi connectivity index (χ1v) is 17.9. The van der Waals surface area contributed by atoms with Gasteiger partial charge < -0.3 is 9.80 Å². The predicted octanol–water partition coefficient (Wildman–Crippen LogP) is 14.2. The number of para-hydroxylation sites is 2. The molecule has 0 aliphatic heterocycles. The third kappa shape index (κ3) is 6.75. The van der Waals surface area contributed by atoms with Crippen molar-refractivity contribution in [3.05, 3.63) is 217 Å². The van der Waals surface area contributed by atoms with Gasteiger partial charge in [-0.3, -0.25) is 0 Å². The molecule has 0 atom stereocenters. The van der Waals surface area contributed by atoms with Gasteiger partial charge in [0.25, 0.3) is 0 Å². The first kappa shape index (κ1) is 32.6. The van der Waals surface area contributed by atoms with Crippen LogP contribution in [-0.4, -0.2) is 0 Å². The van der Waals surface area contributed by atoms with Crippen molar-refractivity contribution in [2.24, 2.45) is 0 Å². The van der Waals surface area contributed by atoms with Crippen molar-refractivity contribution in [2.75, 3.05) is 9.80 Å². The normalized spacial score (nSPS) is 10.9. The number of hydrogen-bond donors (Lipinski definition) is 0. The average molecular weight is 669 g/mol. The van der Waals surface area contributed by atoms with Crippen LogP contribution in [-0.2, 0) is 0 Å². The maximum atomic E-state index is 2.36. The predicted molar refractivity (Wildman–Crippen MR) is 222 cm³/mol. The molecule has 2 nitrogen and oxygen atoms in total. The molecule has 250 valence electrons. The fraction of sp³-hybridized carbons (Fsp3) is 0.0400. The van der Waals surface area contributed by atoms with Crippen LogP contribution in [0.2, 0.25) is 0 Å². The Kier molecular flexibility index (Phi) is 9.19. The molecule has 8 aromatic rings. The van der Waals surface area contributed by atoms with Crippen LogP contribution in [0.3, 0.4) is 0 Å². The highest BCUT2D eigenvalue weighted by molar-refractivity contribution is 5.84. The summed E-state index contributed by atoms with van der Waals surface area (Å²) in [5.41, 5.74) is 16.5. The van der Waals surface area contributed by atoms with E-state index < -0.39 is 0 Å². The second-order valence-corrected chi connectivity index (χ2v) is 13.2. The summed E-state index contributed by atoms with van der Waals surface area (Å²) in [4.78, 5) is 4.67.